The van der Waals surface area contributed by atoms with Crippen molar-refractivity contribution in [3.63, 3.8) is 0 Å². The summed E-state index contributed by atoms with van der Waals surface area (Å²) in [5.41, 5.74) is 4.96. The summed E-state index contributed by atoms with van der Waals surface area (Å²) in [5, 5.41) is 0.404. The molecule has 12 nitrogen and oxygen atoms in total. The van der Waals surface area contributed by atoms with Crippen molar-refractivity contribution in [2.24, 2.45) is 22.9 Å². The first-order valence-electron chi connectivity index (χ1n) is 17.4. The third-order valence-electron chi connectivity index (χ3n) is 10.5. The number of alkyl halides is 3. The second kappa shape index (κ2) is 15.9. The van der Waals surface area contributed by atoms with Gasteiger partial charge < -0.3 is 39.5 Å². The predicted octanol–water partition coefficient (Wildman–Crippen LogP) is 4.61. The van der Waals surface area contributed by atoms with Crippen LogP contribution >= 0.6 is 0 Å². The number of nitrogens with two attached hydrogens (primary N) is 2. The van der Waals surface area contributed by atoms with Gasteiger partial charge in [0, 0.05) is 50.3 Å². The molecule has 2 aromatic carbocycles. The molecule has 0 spiro atoms. The number of methoxy groups -OCH3 is 2. The maximum absolute atomic E-state index is 14.8. The standard InChI is InChI=1S/C37H48F3N5O7/c1-36(35(48)52-21-24-13-14-25(49-3)19-30(24)50-4)16-6-5-10-26(36)34(47)45-18-15-23-9-7-11-29(32(23)28(45)20-44-17-8-12-31(44)46)51-22-27(41)33(43(2)42)37(38,39)40/h7,9,11,13-14,19,26,28H,5-6,8,10,12,15-18,20-22,41-42H2,1-4H3/b33-27-/t26-,28+,36-/m0/s1. The Morgan fingerprint density at radius 1 is 1.04 bits per heavy atom. The Kier molecular flexibility index (Phi) is 11.8. The number of nitrogens with zero attached hydrogens (tertiary/aromatic N) is 3. The Bertz CT molecular complexity index is 1680. The summed E-state index contributed by atoms with van der Waals surface area (Å²) >= 11 is 0. The number of benzene rings is 2. The van der Waals surface area contributed by atoms with Crippen LogP contribution in [0, 0.1) is 11.3 Å². The fourth-order valence-electron chi connectivity index (χ4n) is 7.71. The number of allylic oxidation sites excluding steroid dienone is 1. The zero-order valence-electron chi connectivity index (χ0n) is 30.1. The highest BCUT2D eigenvalue weighted by molar-refractivity contribution is 5.89. The molecule has 15 heteroatoms. The molecule has 2 heterocycles. The second-order valence-corrected chi connectivity index (χ2v) is 13.8. The van der Waals surface area contributed by atoms with Gasteiger partial charge in [-0.25, -0.2) is 5.84 Å². The molecule has 0 unspecified atom stereocenters. The van der Waals surface area contributed by atoms with Crippen molar-refractivity contribution >= 4 is 17.8 Å². The lowest BCUT2D eigenvalue weighted by molar-refractivity contribution is -0.169. The lowest BCUT2D eigenvalue weighted by Crippen LogP contribution is -2.53. The van der Waals surface area contributed by atoms with E-state index in [1.165, 1.54) is 7.11 Å². The van der Waals surface area contributed by atoms with Crippen molar-refractivity contribution in [2.45, 2.75) is 70.7 Å². The molecule has 2 fully saturated rings. The number of hydrogen-bond donors (Lipinski definition) is 2. The number of likely N-dealkylation sites (tertiary alicyclic amines) is 1. The maximum Gasteiger partial charge on any atom is 0.434 e. The first-order chi connectivity index (χ1) is 24.7. The molecule has 1 saturated heterocycles. The van der Waals surface area contributed by atoms with Gasteiger partial charge in [0.25, 0.3) is 0 Å². The Morgan fingerprint density at radius 2 is 1.81 bits per heavy atom. The third kappa shape index (κ3) is 8.03. The molecule has 0 aromatic heterocycles. The predicted molar refractivity (Wildman–Crippen MR) is 185 cm³/mol. The molecule has 4 N–H and O–H groups in total. The van der Waals surface area contributed by atoms with E-state index >= 15 is 0 Å². The van der Waals surface area contributed by atoms with Gasteiger partial charge in [0.05, 0.1) is 37.3 Å². The molecule has 0 bridgehead atoms. The smallest absolute Gasteiger partial charge is 0.434 e. The van der Waals surface area contributed by atoms with Gasteiger partial charge in [0.2, 0.25) is 11.8 Å². The summed E-state index contributed by atoms with van der Waals surface area (Å²) < 4.78 is 63.8. The molecule has 3 aliphatic rings. The minimum absolute atomic E-state index is 0.0501. The highest BCUT2D eigenvalue weighted by atomic mass is 19.4. The van der Waals surface area contributed by atoms with E-state index in [2.05, 4.69) is 0 Å². The zero-order valence-corrected chi connectivity index (χ0v) is 30.1. The number of halogens is 3. The third-order valence-corrected chi connectivity index (χ3v) is 10.5. The van der Waals surface area contributed by atoms with Crippen LogP contribution in [0.4, 0.5) is 13.2 Å². The highest BCUT2D eigenvalue weighted by Crippen LogP contribution is 2.46. The SMILES string of the molecule is COc1ccc(COC(=O)[C@@]2(C)CCCC[C@H]2C(=O)N2CCc3cccc(OC/C(N)=C(/N(C)N)C(F)(F)F)c3[C@H]2CN2CCCC2=O)c(OC)c1. The number of rotatable bonds is 12. The first kappa shape index (κ1) is 38.6. The highest BCUT2D eigenvalue weighted by Gasteiger charge is 2.51. The Labute approximate surface area is 301 Å². The molecule has 1 aliphatic carbocycles. The van der Waals surface area contributed by atoms with E-state index in [-0.39, 0.29) is 30.7 Å². The fourth-order valence-corrected chi connectivity index (χ4v) is 7.71. The van der Waals surface area contributed by atoms with Gasteiger partial charge in [-0.1, -0.05) is 25.0 Å². The van der Waals surface area contributed by atoms with E-state index in [0.717, 1.165) is 25.5 Å². The number of esters is 1. The Balaban J connectivity index is 1.45. The van der Waals surface area contributed by atoms with Crippen LogP contribution < -0.4 is 25.8 Å². The quantitative estimate of drug-likeness (QED) is 0.180. The minimum atomic E-state index is -4.82. The van der Waals surface area contributed by atoms with Crippen molar-refractivity contribution in [3.05, 3.63) is 64.5 Å². The number of carbonyl (C=O) groups is 3. The summed E-state index contributed by atoms with van der Waals surface area (Å²) in [6, 6.07) is 9.74. The number of fused-ring (bicyclic) bond motifs is 1. The molecular weight excluding hydrogens is 683 g/mol. The van der Waals surface area contributed by atoms with Crippen LogP contribution in [0.3, 0.4) is 0 Å². The van der Waals surface area contributed by atoms with Crippen LogP contribution in [0.2, 0.25) is 0 Å². The summed E-state index contributed by atoms with van der Waals surface area (Å²) in [6.07, 6.45) is -0.958. The van der Waals surface area contributed by atoms with Gasteiger partial charge in [-0.15, -0.1) is 0 Å². The van der Waals surface area contributed by atoms with E-state index in [9.17, 15) is 27.6 Å². The topological polar surface area (TPSA) is 150 Å². The average molecular weight is 732 g/mol. The maximum atomic E-state index is 14.8. The van der Waals surface area contributed by atoms with Crippen LogP contribution in [-0.4, -0.2) is 86.3 Å². The molecule has 5 rings (SSSR count). The summed E-state index contributed by atoms with van der Waals surface area (Å²) in [5.74, 6) is 5.29. The van der Waals surface area contributed by atoms with Gasteiger partial charge in [-0.2, -0.15) is 13.2 Å². The van der Waals surface area contributed by atoms with E-state index in [1.54, 1.807) is 54.2 Å². The van der Waals surface area contributed by atoms with Gasteiger partial charge in [0.15, 0.2) is 5.70 Å². The molecular formula is C37H48F3N5O7. The molecule has 0 radical (unpaired) electrons. The van der Waals surface area contributed by atoms with Crippen molar-refractivity contribution in [1.82, 2.24) is 14.8 Å². The van der Waals surface area contributed by atoms with E-state index in [1.807, 2.05) is 6.07 Å². The van der Waals surface area contributed by atoms with Crippen LogP contribution in [0.1, 0.15) is 68.2 Å². The fraction of sp³-hybridized carbons (Fsp3) is 0.541. The summed E-state index contributed by atoms with van der Waals surface area (Å²) in [4.78, 5) is 45.1. The number of ether oxygens (including phenoxy) is 4. The lowest BCUT2D eigenvalue weighted by Gasteiger charge is -2.45. The average Bonchev–Trinajstić information content (AvgIpc) is 3.52. The lowest BCUT2D eigenvalue weighted by atomic mass is 9.66. The normalized spacial score (nSPS) is 22.3. The minimum Gasteiger partial charge on any atom is -0.497 e. The number of hydrogen-bond acceptors (Lipinski definition) is 10. The molecule has 1 saturated carbocycles. The number of carbonyl (C=O) groups excluding carboxylic acids is 3. The van der Waals surface area contributed by atoms with Crippen molar-refractivity contribution in [1.29, 1.82) is 0 Å². The van der Waals surface area contributed by atoms with Crippen molar-refractivity contribution < 1.29 is 46.5 Å². The first-order valence-corrected chi connectivity index (χ1v) is 17.4. The van der Waals surface area contributed by atoms with E-state index < -0.39 is 47.5 Å². The molecule has 2 amide bonds. The molecule has 2 aromatic rings. The zero-order chi connectivity index (χ0) is 37.8. The van der Waals surface area contributed by atoms with Crippen molar-refractivity contribution in [3.8, 4) is 17.2 Å². The van der Waals surface area contributed by atoms with E-state index in [0.29, 0.717) is 72.8 Å². The van der Waals surface area contributed by atoms with E-state index in [4.69, 9.17) is 30.5 Å². The summed E-state index contributed by atoms with van der Waals surface area (Å²) in [7, 11) is 4.10. The largest absolute Gasteiger partial charge is 0.497 e. The molecule has 3 atom stereocenters. The van der Waals surface area contributed by atoms with Crippen molar-refractivity contribution in [2.75, 3.05) is 47.5 Å². The van der Waals surface area contributed by atoms with Crippen LogP contribution in [0.5, 0.6) is 17.2 Å². The Hall–Kier alpha value is -4.66. The van der Waals surface area contributed by atoms with Crippen LogP contribution in [0.15, 0.2) is 47.8 Å². The van der Waals surface area contributed by atoms with Gasteiger partial charge in [-0.3, -0.25) is 14.4 Å². The molecule has 52 heavy (non-hydrogen) atoms. The van der Waals surface area contributed by atoms with Gasteiger partial charge in [0.1, 0.15) is 30.5 Å². The number of amides is 2. The molecule has 284 valence electrons. The number of hydrazine groups is 1. The van der Waals surface area contributed by atoms with Crippen LogP contribution in [0.25, 0.3) is 0 Å². The monoisotopic (exact) mass is 731 g/mol. The second-order valence-electron chi connectivity index (χ2n) is 13.8. The van der Waals surface area contributed by atoms with Gasteiger partial charge >= 0.3 is 12.1 Å². The Morgan fingerprint density at radius 3 is 2.46 bits per heavy atom. The molecule has 2 aliphatic heterocycles. The van der Waals surface area contributed by atoms with Crippen LogP contribution in [-0.2, 0) is 32.1 Å². The summed E-state index contributed by atoms with van der Waals surface area (Å²) in [6.45, 7) is 2.06. The van der Waals surface area contributed by atoms with Gasteiger partial charge in [-0.05, 0) is 56.4 Å².